The van der Waals surface area contributed by atoms with E-state index in [1.165, 1.54) is 31.4 Å². The van der Waals surface area contributed by atoms with Gasteiger partial charge in [-0.15, -0.1) is 0 Å². The van der Waals surface area contributed by atoms with Crippen LogP contribution in [0.25, 0.3) is 0 Å². The largest absolute Gasteiger partial charge is 0.497 e. The minimum atomic E-state index is 0.372. The van der Waals surface area contributed by atoms with Crippen LogP contribution in [0.2, 0.25) is 0 Å². The van der Waals surface area contributed by atoms with Crippen LogP contribution in [0, 0.1) is 5.41 Å². The quantitative estimate of drug-likeness (QED) is 0.310. The first-order valence-electron chi connectivity index (χ1n) is 12.2. The van der Waals surface area contributed by atoms with E-state index in [0.29, 0.717) is 5.41 Å². The zero-order chi connectivity index (χ0) is 22.7. The van der Waals surface area contributed by atoms with E-state index in [2.05, 4.69) is 37.6 Å². The van der Waals surface area contributed by atoms with Gasteiger partial charge < -0.3 is 25.0 Å². The third-order valence-electron chi connectivity index (χ3n) is 7.11. The molecule has 1 heterocycles. The summed E-state index contributed by atoms with van der Waals surface area (Å²) in [5.41, 5.74) is 1.66. The second kappa shape index (κ2) is 12.9. The average molecular weight is 446 g/mol. The van der Waals surface area contributed by atoms with Crippen LogP contribution in [0.1, 0.15) is 38.5 Å². The van der Waals surface area contributed by atoms with E-state index in [1.807, 2.05) is 19.2 Å². The maximum absolute atomic E-state index is 5.35. The molecule has 0 radical (unpaired) electrons. The number of guanidine groups is 1. The fourth-order valence-corrected chi connectivity index (χ4v) is 4.98. The molecule has 1 aliphatic carbocycles. The summed E-state index contributed by atoms with van der Waals surface area (Å²) in [7, 11) is 5.38. The summed E-state index contributed by atoms with van der Waals surface area (Å²) < 4.78 is 10.6. The van der Waals surface area contributed by atoms with Crippen LogP contribution in [-0.4, -0.2) is 84.5 Å². The Morgan fingerprint density at radius 1 is 1.03 bits per heavy atom. The predicted octanol–water partition coefficient (Wildman–Crippen LogP) is 2.97. The Labute approximate surface area is 194 Å². The van der Waals surface area contributed by atoms with Gasteiger partial charge in [-0.05, 0) is 61.9 Å². The second-order valence-electron chi connectivity index (χ2n) is 9.18. The summed E-state index contributed by atoms with van der Waals surface area (Å²) in [4.78, 5) is 9.46. The topological polar surface area (TPSA) is 61.4 Å². The van der Waals surface area contributed by atoms with Crippen LogP contribution in [0.4, 0.5) is 5.69 Å². The lowest BCUT2D eigenvalue weighted by atomic mass is 9.83. The van der Waals surface area contributed by atoms with Crippen molar-refractivity contribution < 1.29 is 9.47 Å². The van der Waals surface area contributed by atoms with Gasteiger partial charge in [0.25, 0.3) is 0 Å². The first-order valence-corrected chi connectivity index (χ1v) is 12.2. The van der Waals surface area contributed by atoms with Gasteiger partial charge in [0.05, 0.1) is 7.11 Å². The number of anilines is 1. The maximum atomic E-state index is 5.35. The summed E-state index contributed by atoms with van der Waals surface area (Å²) in [5, 5.41) is 7.10. The van der Waals surface area contributed by atoms with Gasteiger partial charge in [0.2, 0.25) is 0 Å². The Hall–Kier alpha value is -1.99. The number of aliphatic imine (C=N–C) groups is 1. The number of nitrogens with one attached hydrogen (secondary N) is 2. The van der Waals surface area contributed by atoms with Crippen molar-refractivity contribution >= 4 is 11.6 Å². The molecular formula is C25H43N5O2. The first-order chi connectivity index (χ1) is 15.7. The highest BCUT2D eigenvalue weighted by atomic mass is 16.5. The van der Waals surface area contributed by atoms with Crippen LogP contribution in [0.5, 0.6) is 5.75 Å². The van der Waals surface area contributed by atoms with Gasteiger partial charge >= 0.3 is 0 Å². The van der Waals surface area contributed by atoms with Crippen LogP contribution in [0.3, 0.4) is 0 Å². The SMILES string of the molecule is CN=C(NCCCN1CCN(c2ccc(OC)cc2)CC1)NCC1(CCOC)CCCC1. The van der Waals surface area contributed by atoms with Crippen molar-refractivity contribution in [2.24, 2.45) is 10.4 Å². The Morgan fingerprint density at radius 2 is 1.75 bits per heavy atom. The van der Waals surface area contributed by atoms with E-state index in [-0.39, 0.29) is 0 Å². The van der Waals surface area contributed by atoms with Gasteiger partial charge in [0.15, 0.2) is 5.96 Å². The Morgan fingerprint density at radius 3 is 2.38 bits per heavy atom. The van der Waals surface area contributed by atoms with Crippen molar-refractivity contribution in [1.29, 1.82) is 0 Å². The number of ether oxygens (including phenoxy) is 2. The molecule has 7 heteroatoms. The molecule has 1 aromatic carbocycles. The molecule has 1 saturated heterocycles. The van der Waals surface area contributed by atoms with Gasteiger partial charge in [-0.2, -0.15) is 0 Å². The van der Waals surface area contributed by atoms with Crippen molar-refractivity contribution in [3.63, 3.8) is 0 Å². The lowest BCUT2D eigenvalue weighted by Crippen LogP contribution is -2.47. The van der Waals surface area contributed by atoms with E-state index in [4.69, 9.17) is 9.47 Å². The Balaban J connectivity index is 1.31. The predicted molar refractivity (Wildman–Crippen MR) is 133 cm³/mol. The second-order valence-corrected chi connectivity index (χ2v) is 9.18. The molecule has 7 nitrogen and oxygen atoms in total. The highest BCUT2D eigenvalue weighted by molar-refractivity contribution is 5.79. The number of benzene rings is 1. The van der Waals surface area contributed by atoms with Gasteiger partial charge in [0.1, 0.15) is 5.75 Å². The summed E-state index contributed by atoms with van der Waals surface area (Å²) in [5.74, 6) is 1.84. The normalized spacial score (nSPS) is 19.2. The van der Waals surface area contributed by atoms with E-state index in [0.717, 1.165) is 77.0 Å². The molecule has 0 amide bonds. The fraction of sp³-hybridized carbons (Fsp3) is 0.720. The molecule has 2 N–H and O–H groups in total. The zero-order valence-electron chi connectivity index (χ0n) is 20.4. The van der Waals surface area contributed by atoms with Crippen molar-refractivity contribution in [1.82, 2.24) is 15.5 Å². The molecule has 0 atom stereocenters. The Kier molecular flexibility index (Phi) is 9.93. The number of rotatable bonds is 11. The molecule has 0 unspecified atom stereocenters. The van der Waals surface area contributed by atoms with E-state index in [1.54, 1.807) is 14.2 Å². The summed E-state index contributed by atoms with van der Waals surface area (Å²) >= 11 is 0. The van der Waals surface area contributed by atoms with Crippen LogP contribution in [0.15, 0.2) is 29.3 Å². The van der Waals surface area contributed by atoms with E-state index < -0.39 is 0 Å². The van der Waals surface area contributed by atoms with Crippen molar-refractivity contribution in [2.75, 3.05) is 78.6 Å². The van der Waals surface area contributed by atoms with Crippen molar-refractivity contribution in [2.45, 2.75) is 38.5 Å². The zero-order valence-corrected chi connectivity index (χ0v) is 20.4. The van der Waals surface area contributed by atoms with Gasteiger partial charge in [-0.1, -0.05) is 12.8 Å². The van der Waals surface area contributed by atoms with E-state index >= 15 is 0 Å². The average Bonchev–Trinajstić information content (AvgIpc) is 3.32. The van der Waals surface area contributed by atoms with Crippen molar-refractivity contribution in [3.8, 4) is 5.75 Å². The monoisotopic (exact) mass is 445 g/mol. The summed E-state index contributed by atoms with van der Waals surface area (Å²) in [6.45, 7) is 8.28. The molecular weight excluding hydrogens is 402 g/mol. The lowest BCUT2D eigenvalue weighted by Gasteiger charge is -2.36. The van der Waals surface area contributed by atoms with Gasteiger partial charge in [-0.3, -0.25) is 9.89 Å². The van der Waals surface area contributed by atoms with Crippen LogP contribution >= 0.6 is 0 Å². The van der Waals surface area contributed by atoms with Crippen LogP contribution in [-0.2, 0) is 4.74 Å². The third kappa shape index (κ3) is 7.27. The molecule has 0 aromatic heterocycles. The molecule has 1 aromatic rings. The number of nitrogens with zero attached hydrogens (tertiary/aromatic N) is 3. The van der Waals surface area contributed by atoms with Crippen molar-refractivity contribution in [3.05, 3.63) is 24.3 Å². The Bertz CT molecular complexity index is 680. The summed E-state index contributed by atoms with van der Waals surface area (Å²) in [6.07, 6.45) is 7.52. The molecule has 2 fully saturated rings. The van der Waals surface area contributed by atoms with Gasteiger partial charge in [0, 0.05) is 65.7 Å². The number of piperazine rings is 1. The standard InChI is InChI=1S/C25H43N5O2/c1-26-24(28-21-25(13-20-31-2)11-4-5-12-25)27-14-6-15-29-16-18-30(19-17-29)22-7-9-23(32-3)10-8-22/h7-10H,4-6,11-21H2,1-3H3,(H2,26,27,28). The number of methoxy groups -OCH3 is 2. The van der Waals surface area contributed by atoms with E-state index in [9.17, 15) is 0 Å². The number of hydrogen-bond donors (Lipinski definition) is 2. The van der Waals surface area contributed by atoms with Crippen LogP contribution < -0.4 is 20.3 Å². The highest BCUT2D eigenvalue weighted by Gasteiger charge is 2.33. The number of hydrogen-bond acceptors (Lipinski definition) is 5. The third-order valence-corrected chi connectivity index (χ3v) is 7.11. The minimum absolute atomic E-state index is 0.372. The molecule has 1 aliphatic heterocycles. The molecule has 32 heavy (non-hydrogen) atoms. The fourth-order valence-electron chi connectivity index (χ4n) is 4.98. The first kappa shape index (κ1) is 24.6. The molecule has 0 spiro atoms. The molecule has 0 bridgehead atoms. The molecule has 1 saturated carbocycles. The smallest absolute Gasteiger partial charge is 0.190 e. The lowest BCUT2D eigenvalue weighted by molar-refractivity contribution is 0.138. The summed E-state index contributed by atoms with van der Waals surface area (Å²) in [6, 6.07) is 8.39. The maximum Gasteiger partial charge on any atom is 0.190 e. The molecule has 180 valence electrons. The molecule has 2 aliphatic rings. The van der Waals surface area contributed by atoms with Gasteiger partial charge in [-0.25, -0.2) is 0 Å². The molecule has 3 rings (SSSR count). The minimum Gasteiger partial charge on any atom is -0.497 e. The highest BCUT2D eigenvalue weighted by Crippen LogP contribution is 2.40.